The van der Waals surface area contributed by atoms with Crippen molar-refractivity contribution in [2.75, 3.05) is 7.11 Å². The van der Waals surface area contributed by atoms with Gasteiger partial charge in [-0.2, -0.15) is 8.78 Å². The minimum atomic E-state index is -1.67. The zero-order valence-electron chi connectivity index (χ0n) is 13.7. The van der Waals surface area contributed by atoms with Gasteiger partial charge in [-0.1, -0.05) is 26.0 Å². The summed E-state index contributed by atoms with van der Waals surface area (Å²) in [4.78, 5) is 11.8. The van der Waals surface area contributed by atoms with E-state index in [0.29, 0.717) is 0 Å². The minimum Gasteiger partial charge on any atom is -0.491 e. The zero-order chi connectivity index (χ0) is 18.4. The molecular weight excluding hydrogens is 328 g/mol. The third-order valence-corrected chi connectivity index (χ3v) is 5.12. The molecule has 0 aliphatic heterocycles. The van der Waals surface area contributed by atoms with E-state index in [-0.39, 0.29) is 0 Å². The van der Waals surface area contributed by atoms with E-state index in [2.05, 4.69) is 4.74 Å². The van der Waals surface area contributed by atoms with Gasteiger partial charge in [-0.3, -0.25) is 4.79 Å². The molecule has 1 aliphatic carbocycles. The number of hydrogen-bond acceptors (Lipinski definition) is 2. The third kappa shape index (κ3) is 2.21. The van der Waals surface area contributed by atoms with Crippen LogP contribution in [0.15, 0.2) is 12.2 Å². The van der Waals surface area contributed by atoms with Crippen molar-refractivity contribution < 1.29 is 32.2 Å². The number of benzene rings is 1. The Hall–Kier alpha value is -2.05. The number of carboxylic acid groups (broad SMARTS) is 1. The Morgan fingerprint density at radius 3 is 2.04 bits per heavy atom. The van der Waals surface area contributed by atoms with E-state index in [4.69, 9.17) is 0 Å². The summed E-state index contributed by atoms with van der Waals surface area (Å²) < 4.78 is 60.5. The van der Waals surface area contributed by atoms with Crippen LogP contribution >= 0.6 is 0 Å². The van der Waals surface area contributed by atoms with E-state index in [1.165, 1.54) is 0 Å². The lowest BCUT2D eigenvalue weighted by Crippen LogP contribution is -2.26. The average molecular weight is 346 g/mol. The highest BCUT2D eigenvalue weighted by Crippen LogP contribution is 2.71. The van der Waals surface area contributed by atoms with Crippen LogP contribution in [-0.2, 0) is 11.2 Å². The average Bonchev–Trinajstić information content (AvgIpc) is 2.99. The number of carboxylic acids is 1. The van der Waals surface area contributed by atoms with Gasteiger partial charge in [-0.05, 0) is 24.7 Å². The molecule has 2 atom stereocenters. The molecule has 2 rings (SSSR count). The fraction of sp³-hybridized carbons (Fsp3) is 0.471. The molecular formula is C17H18F4O3. The summed E-state index contributed by atoms with van der Waals surface area (Å²) in [5.41, 5.74) is -3.29. The van der Waals surface area contributed by atoms with Gasteiger partial charge in [-0.25, -0.2) is 8.78 Å². The Labute approximate surface area is 136 Å². The number of ether oxygens (including phenoxy) is 1. The van der Waals surface area contributed by atoms with E-state index < -0.39 is 63.7 Å². The number of allylic oxidation sites excluding steroid dienone is 2. The SMILES string of the molecule is CC=CC1C(C)(C)[C@]1(Cc1c(F)c(F)c(OC)c(F)c1F)C(=O)O. The van der Waals surface area contributed by atoms with Crippen molar-refractivity contribution >= 4 is 5.97 Å². The van der Waals surface area contributed by atoms with Crippen LogP contribution in [0.4, 0.5) is 17.6 Å². The van der Waals surface area contributed by atoms with Crippen molar-refractivity contribution in [1.29, 1.82) is 0 Å². The van der Waals surface area contributed by atoms with Crippen LogP contribution in [-0.4, -0.2) is 18.2 Å². The molecule has 0 spiro atoms. The van der Waals surface area contributed by atoms with E-state index in [1.54, 1.807) is 32.9 Å². The summed E-state index contributed by atoms with van der Waals surface area (Å²) in [6.45, 7) is 4.96. The number of halogens is 4. The van der Waals surface area contributed by atoms with E-state index in [0.717, 1.165) is 7.11 Å². The van der Waals surface area contributed by atoms with Gasteiger partial charge in [0, 0.05) is 5.56 Å². The van der Waals surface area contributed by atoms with Gasteiger partial charge < -0.3 is 9.84 Å². The maximum Gasteiger partial charge on any atom is 0.311 e. The lowest BCUT2D eigenvalue weighted by atomic mass is 9.87. The molecule has 1 saturated carbocycles. The molecule has 1 aromatic rings. The zero-order valence-corrected chi connectivity index (χ0v) is 13.7. The standard InChI is InChI=1S/C17H18F4O3/c1-5-6-9-16(2,3)17(9,15(22)23)7-8-10(18)12(20)14(24-4)13(21)11(8)19/h5-6,9H,7H2,1-4H3,(H,22,23)/t9?,17-/m0/s1. The van der Waals surface area contributed by atoms with Crippen LogP contribution in [0.3, 0.4) is 0 Å². The normalized spacial score (nSPS) is 25.1. The predicted octanol–water partition coefficient (Wildman–Crippen LogP) is 4.10. The second-order valence-electron chi connectivity index (χ2n) is 6.45. The smallest absolute Gasteiger partial charge is 0.311 e. The molecule has 1 aromatic carbocycles. The Balaban J connectivity index is 2.61. The Morgan fingerprint density at radius 2 is 1.67 bits per heavy atom. The van der Waals surface area contributed by atoms with Crippen LogP contribution in [0, 0.1) is 40.0 Å². The molecule has 7 heteroatoms. The Bertz CT molecular complexity index is 698. The summed E-state index contributed by atoms with van der Waals surface area (Å²) in [7, 11) is 0.880. The van der Waals surface area contributed by atoms with Crippen LogP contribution < -0.4 is 4.74 Å². The van der Waals surface area contributed by atoms with Crippen molar-refractivity contribution in [2.24, 2.45) is 16.7 Å². The maximum atomic E-state index is 14.2. The van der Waals surface area contributed by atoms with Gasteiger partial charge in [-0.15, -0.1) is 0 Å². The van der Waals surface area contributed by atoms with Crippen molar-refractivity contribution in [1.82, 2.24) is 0 Å². The van der Waals surface area contributed by atoms with Crippen molar-refractivity contribution in [3.63, 3.8) is 0 Å². The molecule has 0 amide bonds. The summed E-state index contributed by atoms with van der Waals surface area (Å²) in [5, 5.41) is 9.63. The molecule has 132 valence electrons. The predicted molar refractivity (Wildman–Crippen MR) is 78.7 cm³/mol. The van der Waals surface area contributed by atoms with E-state index >= 15 is 0 Å². The van der Waals surface area contributed by atoms with E-state index in [1.807, 2.05) is 0 Å². The summed E-state index contributed by atoms with van der Waals surface area (Å²) >= 11 is 0. The minimum absolute atomic E-state index is 0.514. The molecule has 0 aromatic heterocycles. The number of hydrogen-bond donors (Lipinski definition) is 1. The molecule has 1 unspecified atom stereocenters. The van der Waals surface area contributed by atoms with Crippen molar-refractivity contribution in [3.8, 4) is 5.75 Å². The van der Waals surface area contributed by atoms with Crippen LogP contribution in [0.5, 0.6) is 5.75 Å². The molecule has 0 bridgehead atoms. The quantitative estimate of drug-likeness (QED) is 0.496. The first kappa shape index (κ1) is 18.3. The van der Waals surface area contributed by atoms with E-state index in [9.17, 15) is 27.5 Å². The Morgan fingerprint density at radius 1 is 1.17 bits per heavy atom. The first-order valence-electron chi connectivity index (χ1n) is 7.32. The maximum absolute atomic E-state index is 14.2. The van der Waals surface area contributed by atoms with Gasteiger partial charge in [0.05, 0.1) is 12.5 Å². The summed E-state index contributed by atoms with van der Waals surface area (Å²) in [6.07, 6.45) is 2.60. The number of rotatable bonds is 5. The van der Waals surface area contributed by atoms with Gasteiger partial charge in [0.25, 0.3) is 0 Å². The second-order valence-corrected chi connectivity index (χ2v) is 6.45. The second kappa shape index (κ2) is 5.79. The lowest BCUT2D eigenvalue weighted by molar-refractivity contribution is -0.145. The highest BCUT2D eigenvalue weighted by atomic mass is 19.2. The van der Waals surface area contributed by atoms with Gasteiger partial charge in [0.2, 0.25) is 11.6 Å². The molecule has 0 saturated heterocycles. The fourth-order valence-electron chi connectivity index (χ4n) is 3.58. The molecule has 0 heterocycles. The van der Waals surface area contributed by atoms with Gasteiger partial charge in [0.1, 0.15) is 0 Å². The van der Waals surface area contributed by atoms with Gasteiger partial charge in [0.15, 0.2) is 17.4 Å². The lowest BCUT2D eigenvalue weighted by Gasteiger charge is -2.18. The molecule has 3 nitrogen and oxygen atoms in total. The first-order chi connectivity index (χ1) is 11.1. The van der Waals surface area contributed by atoms with Crippen LogP contribution in [0.2, 0.25) is 0 Å². The number of carbonyl (C=O) groups is 1. The molecule has 0 radical (unpaired) electrons. The summed E-state index contributed by atoms with van der Waals surface area (Å²) in [6, 6.07) is 0. The summed E-state index contributed by atoms with van der Waals surface area (Å²) in [5.74, 6) is -9.56. The largest absolute Gasteiger partial charge is 0.491 e. The van der Waals surface area contributed by atoms with Crippen molar-refractivity contribution in [2.45, 2.75) is 27.2 Å². The highest BCUT2D eigenvalue weighted by Gasteiger charge is 2.74. The topological polar surface area (TPSA) is 46.5 Å². The monoisotopic (exact) mass is 346 g/mol. The van der Waals surface area contributed by atoms with Crippen molar-refractivity contribution in [3.05, 3.63) is 41.0 Å². The van der Waals surface area contributed by atoms with Crippen LogP contribution in [0.1, 0.15) is 26.3 Å². The molecule has 24 heavy (non-hydrogen) atoms. The highest BCUT2D eigenvalue weighted by molar-refractivity contribution is 5.82. The molecule has 1 fully saturated rings. The fourth-order valence-corrected chi connectivity index (χ4v) is 3.58. The molecule has 1 N–H and O–H groups in total. The third-order valence-electron chi connectivity index (χ3n) is 5.12. The number of aliphatic carboxylic acids is 1. The Kier molecular flexibility index (Phi) is 4.41. The molecule has 1 aliphatic rings. The number of methoxy groups -OCH3 is 1. The van der Waals surface area contributed by atoms with Crippen LogP contribution in [0.25, 0.3) is 0 Å². The van der Waals surface area contributed by atoms with Gasteiger partial charge >= 0.3 is 5.97 Å². The first-order valence-corrected chi connectivity index (χ1v) is 7.32.